The lowest BCUT2D eigenvalue weighted by Crippen LogP contribution is -2.48. The van der Waals surface area contributed by atoms with Crippen LogP contribution in [0.25, 0.3) is 11.1 Å². The minimum absolute atomic E-state index is 0.0317. The Balaban J connectivity index is 1.35. The standard InChI is InChI=1S/C27H32N2O5/c1-2-3-14-24(26(31)32)28-25(30)21-13-8-15-23(21)29-27(33)34-16-22-19-11-6-4-9-17(19)18-10-5-7-12-20(18)22/h4-7,9-12,21-24H,2-3,8,13-16H2,1H3,(H,28,30)(H,29,33)(H,31,32)/t21-,23+,24+/m1/s1. The number of fused-ring (bicyclic) bond motifs is 3. The van der Waals surface area contributed by atoms with Crippen LogP contribution in [0.2, 0.25) is 0 Å². The largest absolute Gasteiger partial charge is 0.480 e. The van der Waals surface area contributed by atoms with Gasteiger partial charge in [0.25, 0.3) is 0 Å². The molecule has 3 N–H and O–H groups in total. The van der Waals surface area contributed by atoms with Crippen LogP contribution in [0.5, 0.6) is 0 Å². The number of benzene rings is 2. The van der Waals surface area contributed by atoms with E-state index in [1.54, 1.807) is 0 Å². The monoisotopic (exact) mass is 464 g/mol. The van der Waals surface area contributed by atoms with Gasteiger partial charge in [0.15, 0.2) is 0 Å². The van der Waals surface area contributed by atoms with Crippen molar-refractivity contribution in [1.29, 1.82) is 0 Å². The van der Waals surface area contributed by atoms with E-state index in [4.69, 9.17) is 4.74 Å². The summed E-state index contributed by atoms with van der Waals surface area (Å²) in [5, 5.41) is 14.9. The Morgan fingerprint density at radius 1 is 1.03 bits per heavy atom. The molecule has 1 saturated carbocycles. The second-order valence-electron chi connectivity index (χ2n) is 9.16. The fourth-order valence-electron chi connectivity index (χ4n) is 5.18. The number of carboxylic acids is 1. The van der Waals surface area contributed by atoms with Gasteiger partial charge < -0.3 is 20.5 Å². The van der Waals surface area contributed by atoms with Gasteiger partial charge in [0.1, 0.15) is 12.6 Å². The van der Waals surface area contributed by atoms with Crippen LogP contribution in [0.15, 0.2) is 48.5 Å². The van der Waals surface area contributed by atoms with Crippen LogP contribution < -0.4 is 10.6 Å². The first-order valence-corrected chi connectivity index (χ1v) is 12.1. The number of amides is 2. The molecule has 0 saturated heterocycles. The molecule has 2 aromatic rings. The summed E-state index contributed by atoms with van der Waals surface area (Å²) in [5.74, 6) is -1.83. The number of carbonyl (C=O) groups excluding carboxylic acids is 2. The molecule has 1 fully saturated rings. The normalized spacial score (nSPS) is 19.7. The summed E-state index contributed by atoms with van der Waals surface area (Å²) in [4.78, 5) is 36.9. The molecule has 4 rings (SSSR count). The molecule has 0 heterocycles. The van der Waals surface area contributed by atoms with Crippen molar-refractivity contribution in [2.75, 3.05) is 6.61 Å². The SMILES string of the molecule is CCCC[C@H](NC(=O)[C@@H]1CCC[C@@H]1NC(=O)OCC1c2ccccc2-c2ccccc21)C(=O)O. The molecule has 0 bridgehead atoms. The summed E-state index contributed by atoms with van der Waals surface area (Å²) in [6, 6.07) is 15.0. The van der Waals surface area contributed by atoms with Gasteiger partial charge in [0.05, 0.1) is 5.92 Å². The third kappa shape index (κ3) is 5.08. The van der Waals surface area contributed by atoms with Gasteiger partial charge in [-0.25, -0.2) is 9.59 Å². The van der Waals surface area contributed by atoms with Gasteiger partial charge in [-0.2, -0.15) is 0 Å². The molecule has 7 heteroatoms. The first-order valence-electron chi connectivity index (χ1n) is 12.1. The minimum atomic E-state index is -1.03. The summed E-state index contributed by atoms with van der Waals surface area (Å²) in [7, 11) is 0. The molecule has 0 spiro atoms. The number of carbonyl (C=O) groups is 3. The van der Waals surface area contributed by atoms with Crippen LogP contribution in [0.3, 0.4) is 0 Å². The number of aliphatic carboxylic acids is 1. The van der Waals surface area contributed by atoms with Crippen molar-refractivity contribution in [3.8, 4) is 11.1 Å². The first kappa shape index (κ1) is 23.8. The number of hydrogen-bond donors (Lipinski definition) is 3. The van der Waals surface area contributed by atoms with E-state index in [2.05, 4.69) is 34.9 Å². The van der Waals surface area contributed by atoms with E-state index in [0.717, 1.165) is 41.5 Å². The van der Waals surface area contributed by atoms with Crippen LogP contribution in [0.4, 0.5) is 4.79 Å². The van der Waals surface area contributed by atoms with E-state index in [1.165, 1.54) is 0 Å². The highest BCUT2D eigenvalue weighted by atomic mass is 16.5. The van der Waals surface area contributed by atoms with Crippen molar-refractivity contribution in [3.63, 3.8) is 0 Å². The minimum Gasteiger partial charge on any atom is -0.480 e. The van der Waals surface area contributed by atoms with Crippen LogP contribution >= 0.6 is 0 Å². The fraction of sp³-hybridized carbons (Fsp3) is 0.444. The van der Waals surface area contributed by atoms with Crippen LogP contribution in [0.1, 0.15) is 62.5 Å². The summed E-state index contributed by atoms with van der Waals surface area (Å²) in [6.45, 7) is 2.19. The molecule has 2 aliphatic carbocycles. The Labute approximate surface area is 199 Å². The average molecular weight is 465 g/mol. The average Bonchev–Trinajstić information content (AvgIpc) is 3.42. The molecular weight excluding hydrogens is 432 g/mol. The molecule has 180 valence electrons. The van der Waals surface area contributed by atoms with Crippen molar-refractivity contribution in [2.24, 2.45) is 5.92 Å². The summed E-state index contributed by atoms with van der Waals surface area (Å²) >= 11 is 0. The van der Waals surface area contributed by atoms with Gasteiger partial charge >= 0.3 is 12.1 Å². The Hall–Kier alpha value is -3.35. The maximum Gasteiger partial charge on any atom is 0.407 e. The zero-order valence-corrected chi connectivity index (χ0v) is 19.5. The van der Waals surface area contributed by atoms with Crippen LogP contribution in [-0.2, 0) is 14.3 Å². The van der Waals surface area contributed by atoms with Crippen LogP contribution in [-0.4, -0.2) is 41.8 Å². The maximum atomic E-state index is 12.8. The van der Waals surface area contributed by atoms with E-state index in [1.807, 2.05) is 31.2 Å². The molecule has 0 unspecified atom stereocenters. The van der Waals surface area contributed by atoms with Crippen molar-refractivity contribution >= 4 is 18.0 Å². The summed E-state index contributed by atoms with van der Waals surface area (Å²) < 4.78 is 5.63. The summed E-state index contributed by atoms with van der Waals surface area (Å²) in [5.41, 5.74) is 4.61. The number of nitrogens with one attached hydrogen (secondary N) is 2. The van der Waals surface area contributed by atoms with Gasteiger partial charge in [-0.05, 0) is 41.5 Å². The van der Waals surface area contributed by atoms with Gasteiger partial charge in [-0.3, -0.25) is 4.79 Å². The molecule has 2 aromatic carbocycles. The zero-order valence-electron chi connectivity index (χ0n) is 19.5. The highest BCUT2D eigenvalue weighted by Crippen LogP contribution is 2.44. The second-order valence-corrected chi connectivity index (χ2v) is 9.16. The Morgan fingerprint density at radius 2 is 1.68 bits per heavy atom. The lowest BCUT2D eigenvalue weighted by molar-refractivity contribution is -0.142. The number of alkyl carbamates (subject to hydrolysis) is 1. The molecule has 2 aliphatic rings. The highest BCUT2D eigenvalue weighted by molar-refractivity contribution is 5.86. The van der Waals surface area contributed by atoms with Crippen molar-refractivity contribution < 1.29 is 24.2 Å². The molecular formula is C27H32N2O5. The van der Waals surface area contributed by atoms with Crippen molar-refractivity contribution in [2.45, 2.75) is 63.5 Å². The smallest absolute Gasteiger partial charge is 0.407 e. The van der Waals surface area contributed by atoms with Gasteiger partial charge in [-0.15, -0.1) is 0 Å². The van der Waals surface area contributed by atoms with E-state index in [-0.39, 0.29) is 24.5 Å². The van der Waals surface area contributed by atoms with Gasteiger partial charge in [0.2, 0.25) is 5.91 Å². The molecule has 0 aliphatic heterocycles. The number of ether oxygens (including phenoxy) is 1. The number of rotatable bonds is 9. The predicted octanol–water partition coefficient (Wildman–Crippen LogP) is 4.45. The Bertz CT molecular complexity index is 1010. The fourth-order valence-corrected chi connectivity index (χ4v) is 5.18. The first-order chi connectivity index (χ1) is 16.5. The highest BCUT2D eigenvalue weighted by Gasteiger charge is 2.36. The maximum absolute atomic E-state index is 12.8. The van der Waals surface area contributed by atoms with Gasteiger partial charge in [0, 0.05) is 12.0 Å². The Kier molecular flexibility index (Phi) is 7.50. The Morgan fingerprint density at radius 3 is 2.29 bits per heavy atom. The summed E-state index contributed by atoms with van der Waals surface area (Å²) in [6.07, 6.45) is 3.49. The van der Waals surface area contributed by atoms with Crippen LogP contribution in [0, 0.1) is 5.92 Å². The third-order valence-electron chi connectivity index (χ3n) is 6.96. The molecule has 3 atom stereocenters. The lowest BCUT2D eigenvalue weighted by atomic mass is 9.98. The van der Waals surface area contributed by atoms with Gasteiger partial charge in [-0.1, -0.05) is 74.7 Å². The number of unbranched alkanes of at least 4 members (excludes halogenated alkanes) is 1. The topological polar surface area (TPSA) is 105 Å². The van der Waals surface area contributed by atoms with E-state index >= 15 is 0 Å². The van der Waals surface area contributed by atoms with E-state index in [0.29, 0.717) is 19.3 Å². The van der Waals surface area contributed by atoms with Crippen molar-refractivity contribution in [1.82, 2.24) is 10.6 Å². The second kappa shape index (κ2) is 10.7. The van der Waals surface area contributed by atoms with E-state index < -0.39 is 24.0 Å². The zero-order chi connectivity index (χ0) is 24.1. The molecule has 0 radical (unpaired) electrons. The quantitative estimate of drug-likeness (QED) is 0.508. The predicted molar refractivity (Wildman–Crippen MR) is 128 cm³/mol. The van der Waals surface area contributed by atoms with Crippen molar-refractivity contribution in [3.05, 3.63) is 59.7 Å². The molecule has 2 amide bonds. The third-order valence-corrected chi connectivity index (χ3v) is 6.96. The number of hydrogen-bond acceptors (Lipinski definition) is 4. The molecule has 7 nitrogen and oxygen atoms in total. The molecule has 34 heavy (non-hydrogen) atoms. The van der Waals surface area contributed by atoms with E-state index in [9.17, 15) is 19.5 Å². The molecule has 0 aromatic heterocycles. The number of carboxylic acid groups (broad SMARTS) is 1. The lowest BCUT2D eigenvalue weighted by Gasteiger charge is -2.23.